The van der Waals surface area contributed by atoms with Gasteiger partial charge in [0.2, 0.25) is 0 Å². The number of pyridine rings is 1. The number of amides is 2. The number of carbonyl (C=O) groups is 1. The van der Waals surface area contributed by atoms with Crippen molar-refractivity contribution in [2.45, 2.75) is 33.2 Å². The lowest BCUT2D eigenvalue weighted by Crippen LogP contribution is -2.28. The molecule has 6 heteroatoms. The average Bonchev–Trinajstić information content (AvgIpc) is 2.64. The third-order valence-corrected chi connectivity index (χ3v) is 3.78. The predicted octanol–water partition coefficient (Wildman–Crippen LogP) is 4.23. The number of nitrogens with zero attached hydrogens (tertiary/aromatic N) is 1. The van der Waals surface area contributed by atoms with E-state index in [1.807, 2.05) is 12.1 Å². The third kappa shape index (κ3) is 6.63. The van der Waals surface area contributed by atoms with Gasteiger partial charge in [0.1, 0.15) is 0 Å². The molecule has 0 bridgehead atoms. The van der Waals surface area contributed by atoms with Crippen LogP contribution in [0.25, 0.3) is 0 Å². The molecule has 0 unspecified atom stereocenters. The molecule has 0 aliphatic rings. The smallest absolute Gasteiger partial charge is 0.319 e. The van der Waals surface area contributed by atoms with E-state index < -0.39 is 0 Å². The second-order valence-electron chi connectivity index (χ2n) is 6.42. The van der Waals surface area contributed by atoms with Crippen molar-refractivity contribution in [3.05, 3.63) is 48.3 Å². The summed E-state index contributed by atoms with van der Waals surface area (Å²) < 4.78 is 11.2. The van der Waals surface area contributed by atoms with Gasteiger partial charge in [-0.3, -0.25) is 4.98 Å². The van der Waals surface area contributed by atoms with Gasteiger partial charge in [-0.05, 0) is 42.5 Å². The second kappa shape index (κ2) is 10.3. The van der Waals surface area contributed by atoms with Gasteiger partial charge in [0.05, 0.1) is 13.7 Å². The van der Waals surface area contributed by atoms with Gasteiger partial charge in [0, 0.05) is 30.7 Å². The number of benzene rings is 1. The minimum Gasteiger partial charge on any atom is -0.493 e. The number of hydrogen-bond acceptors (Lipinski definition) is 4. The van der Waals surface area contributed by atoms with Gasteiger partial charge in [-0.15, -0.1) is 0 Å². The normalized spacial score (nSPS) is 10.5. The van der Waals surface area contributed by atoms with Crippen LogP contribution in [0.2, 0.25) is 0 Å². The van der Waals surface area contributed by atoms with Crippen molar-refractivity contribution >= 4 is 11.7 Å². The van der Waals surface area contributed by atoms with E-state index in [-0.39, 0.29) is 6.03 Å². The third-order valence-electron chi connectivity index (χ3n) is 3.78. The fraction of sp³-hybridized carbons (Fsp3) is 0.400. The Bertz CT molecular complexity index is 690. The quantitative estimate of drug-likeness (QED) is 0.659. The number of methoxy groups -OCH3 is 1. The van der Waals surface area contributed by atoms with Crippen molar-refractivity contribution in [1.82, 2.24) is 10.3 Å². The largest absolute Gasteiger partial charge is 0.493 e. The summed E-state index contributed by atoms with van der Waals surface area (Å²) in [7, 11) is 1.60. The molecule has 2 rings (SSSR count). The molecule has 0 spiro atoms. The lowest BCUT2D eigenvalue weighted by Gasteiger charge is -2.14. The number of carbonyl (C=O) groups excluding carboxylic acids is 1. The Hall–Kier alpha value is -2.76. The van der Waals surface area contributed by atoms with Gasteiger partial charge in [0.25, 0.3) is 0 Å². The van der Waals surface area contributed by atoms with Crippen molar-refractivity contribution in [3.8, 4) is 11.5 Å². The van der Waals surface area contributed by atoms with E-state index in [0.717, 1.165) is 18.4 Å². The summed E-state index contributed by atoms with van der Waals surface area (Å²) in [6.45, 7) is 5.41. The highest BCUT2D eigenvalue weighted by Gasteiger charge is 2.08. The first-order chi connectivity index (χ1) is 12.6. The molecule has 2 N–H and O–H groups in total. The van der Waals surface area contributed by atoms with Crippen molar-refractivity contribution in [3.63, 3.8) is 0 Å². The molecule has 2 amide bonds. The van der Waals surface area contributed by atoms with Gasteiger partial charge in [-0.25, -0.2) is 4.79 Å². The number of urea groups is 1. The summed E-state index contributed by atoms with van der Waals surface area (Å²) in [6.07, 6.45) is 5.50. The Morgan fingerprint density at radius 3 is 2.77 bits per heavy atom. The van der Waals surface area contributed by atoms with Crippen LogP contribution >= 0.6 is 0 Å². The zero-order valence-electron chi connectivity index (χ0n) is 15.6. The second-order valence-corrected chi connectivity index (χ2v) is 6.42. The van der Waals surface area contributed by atoms with Gasteiger partial charge >= 0.3 is 6.03 Å². The van der Waals surface area contributed by atoms with Crippen LogP contribution in [0.1, 0.15) is 32.3 Å². The maximum atomic E-state index is 12.1. The average molecular weight is 357 g/mol. The molecule has 0 aliphatic carbocycles. The molecule has 140 valence electrons. The molecule has 6 nitrogen and oxygen atoms in total. The van der Waals surface area contributed by atoms with E-state index in [1.54, 1.807) is 37.7 Å². The Kier molecular flexibility index (Phi) is 7.74. The van der Waals surface area contributed by atoms with E-state index in [2.05, 4.69) is 29.5 Å². The number of hydrogen-bond donors (Lipinski definition) is 2. The monoisotopic (exact) mass is 357 g/mol. The van der Waals surface area contributed by atoms with Crippen LogP contribution in [0.3, 0.4) is 0 Å². The Labute approximate surface area is 154 Å². The molecule has 0 saturated carbocycles. The molecule has 2 aromatic rings. The van der Waals surface area contributed by atoms with Gasteiger partial charge < -0.3 is 20.1 Å². The van der Waals surface area contributed by atoms with E-state index in [1.165, 1.54) is 0 Å². The molecule has 1 aromatic carbocycles. The summed E-state index contributed by atoms with van der Waals surface area (Å²) >= 11 is 0. The minimum absolute atomic E-state index is 0.287. The lowest BCUT2D eigenvalue weighted by atomic mass is 10.1. The number of nitrogens with one attached hydrogen (secondary N) is 2. The summed E-state index contributed by atoms with van der Waals surface area (Å²) in [5.41, 5.74) is 1.58. The molecular weight excluding hydrogens is 330 g/mol. The van der Waals surface area contributed by atoms with Crippen molar-refractivity contribution in [2.24, 2.45) is 5.92 Å². The molecule has 0 atom stereocenters. The zero-order valence-corrected chi connectivity index (χ0v) is 15.6. The topological polar surface area (TPSA) is 72.5 Å². The van der Waals surface area contributed by atoms with Crippen LogP contribution < -0.4 is 20.1 Å². The van der Waals surface area contributed by atoms with Crippen molar-refractivity contribution in [1.29, 1.82) is 0 Å². The number of ether oxygens (including phenoxy) is 2. The van der Waals surface area contributed by atoms with E-state index in [9.17, 15) is 4.79 Å². The maximum absolute atomic E-state index is 12.1. The molecule has 0 aliphatic heterocycles. The number of aromatic nitrogens is 1. The number of rotatable bonds is 9. The van der Waals surface area contributed by atoms with Crippen LogP contribution in [-0.4, -0.2) is 24.7 Å². The summed E-state index contributed by atoms with van der Waals surface area (Å²) in [6, 6.07) is 8.80. The highest BCUT2D eigenvalue weighted by Crippen LogP contribution is 2.30. The molecule has 0 radical (unpaired) electrons. The molecule has 0 fully saturated rings. The van der Waals surface area contributed by atoms with Crippen LogP contribution in [0.15, 0.2) is 42.7 Å². The highest BCUT2D eigenvalue weighted by molar-refractivity contribution is 5.89. The first-order valence-corrected chi connectivity index (χ1v) is 8.83. The van der Waals surface area contributed by atoms with E-state index in [4.69, 9.17) is 9.47 Å². The number of anilines is 1. The minimum atomic E-state index is -0.287. The van der Waals surface area contributed by atoms with Crippen LogP contribution in [0, 0.1) is 5.92 Å². The standard InChI is InChI=1S/C20H27N3O3/c1-15(2)6-5-11-26-19-12-17(8-9-18(19)25-3)23-20(24)22-14-16-7-4-10-21-13-16/h4,7-10,12-13,15H,5-6,11,14H2,1-3H3,(H2,22,23,24). The Balaban J connectivity index is 1.89. The van der Waals surface area contributed by atoms with Crippen LogP contribution in [-0.2, 0) is 6.54 Å². The fourth-order valence-electron chi connectivity index (χ4n) is 2.40. The van der Waals surface area contributed by atoms with E-state index in [0.29, 0.717) is 36.3 Å². The maximum Gasteiger partial charge on any atom is 0.319 e. The summed E-state index contributed by atoms with van der Waals surface area (Å²) in [5, 5.41) is 5.60. The van der Waals surface area contributed by atoms with Crippen LogP contribution in [0.4, 0.5) is 10.5 Å². The molecule has 1 aromatic heterocycles. The molecule has 1 heterocycles. The summed E-state index contributed by atoms with van der Waals surface area (Å²) in [4.78, 5) is 16.1. The first kappa shape index (κ1) is 19.6. The van der Waals surface area contributed by atoms with Gasteiger partial charge in [-0.2, -0.15) is 0 Å². The summed E-state index contributed by atoms with van der Waals surface area (Å²) in [5.74, 6) is 1.93. The van der Waals surface area contributed by atoms with Crippen LogP contribution in [0.5, 0.6) is 11.5 Å². The SMILES string of the molecule is COc1ccc(NC(=O)NCc2cccnc2)cc1OCCCC(C)C. The first-order valence-electron chi connectivity index (χ1n) is 8.83. The van der Waals surface area contributed by atoms with Gasteiger partial charge in [-0.1, -0.05) is 19.9 Å². The zero-order chi connectivity index (χ0) is 18.8. The lowest BCUT2D eigenvalue weighted by molar-refractivity contribution is 0.251. The van der Waals surface area contributed by atoms with Crippen molar-refractivity contribution in [2.75, 3.05) is 19.0 Å². The molecular formula is C20H27N3O3. The predicted molar refractivity (Wildman–Crippen MR) is 103 cm³/mol. The fourth-order valence-corrected chi connectivity index (χ4v) is 2.40. The molecule has 26 heavy (non-hydrogen) atoms. The Morgan fingerprint density at radius 1 is 1.23 bits per heavy atom. The molecule has 0 saturated heterocycles. The Morgan fingerprint density at radius 2 is 2.08 bits per heavy atom. The highest BCUT2D eigenvalue weighted by atomic mass is 16.5. The van der Waals surface area contributed by atoms with Gasteiger partial charge in [0.15, 0.2) is 11.5 Å². The van der Waals surface area contributed by atoms with Crippen molar-refractivity contribution < 1.29 is 14.3 Å². The van der Waals surface area contributed by atoms with E-state index >= 15 is 0 Å².